The molecule has 59 heavy (non-hydrogen) atoms. The third-order valence-electron chi connectivity index (χ3n) is 9.93. The van der Waals surface area contributed by atoms with E-state index in [1.807, 2.05) is 81.4 Å². The van der Waals surface area contributed by atoms with Crippen LogP contribution < -0.4 is 26.4 Å². The summed E-state index contributed by atoms with van der Waals surface area (Å²) in [5.74, 6) is -0.422. The van der Waals surface area contributed by atoms with Gasteiger partial charge in [-0.05, 0) is 49.1 Å². The summed E-state index contributed by atoms with van der Waals surface area (Å²) in [6.07, 6.45) is 0.110. The minimum absolute atomic E-state index is 0.0449. The van der Waals surface area contributed by atoms with E-state index >= 15 is 0 Å². The number of nitro benzene ring substituents is 1. The van der Waals surface area contributed by atoms with E-state index in [4.69, 9.17) is 15.2 Å². The molecule has 5 aromatic carbocycles. The molecule has 1 aliphatic rings. The van der Waals surface area contributed by atoms with Gasteiger partial charge in [0.05, 0.1) is 27.9 Å². The molecule has 0 radical (unpaired) electrons. The molecule has 0 saturated heterocycles. The van der Waals surface area contributed by atoms with Crippen molar-refractivity contribution < 1.29 is 28.8 Å². The fourth-order valence-electron chi connectivity index (χ4n) is 7.17. The van der Waals surface area contributed by atoms with Gasteiger partial charge in [0.1, 0.15) is 17.4 Å². The van der Waals surface area contributed by atoms with Crippen LogP contribution in [0, 0.1) is 10.1 Å². The maximum Gasteiger partial charge on any atom is 0.407 e. The van der Waals surface area contributed by atoms with Gasteiger partial charge in [0.15, 0.2) is 0 Å². The highest BCUT2D eigenvalue weighted by molar-refractivity contribution is 8.00. The summed E-state index contributed by atoms with van der Waals surface area (Å²) in [5.41, 5.74) is 9.78. The third kappa shape index (κ3) is 10.7. The Morgan fingerprint density at radius 3 is 1.93 bits per heavy atom. The van der Waals surface area contributed by atoms with Crippen molar-refractivity contribution >= 4 is 35.4 Å². The molecular formula is C46H49N5O7S. The van der Waals surface area contributed by atoms with Crippen molar-refractivity contribution in [2.24, 2.45) is 5.73 Å². The lowest BCUT2D eigenvalue weighted by molar-refractivity contribution is -0.384. The van der Waals surface area contributed by atoms with E-state index in [0.29, 0.717) is 36.6 Å². The highest BCUT2D eigenvalue weighted by Gasteiger charge is 2.38. The van der Waals surface area contributed by atoms with E-state index in [0.717, 1.165) is 22.3 Å². The summed E-state index contributed by atoms with van der Waals surface area (Å²) < 4.78 is 11.2. The predicted octanol–water partition coefficient (Wildman–Crippen LogP) is 7.45. The summed E-state index contributed by atoms with van der Waals surface area (Å²) in [5, 5.41) is 20.6. The Morgan fingerprint density at radius 1 is 0.831 bits per heavy atom. The van der Waals surface area contributed by atoms with E-state index in [2.05, 4.69) is 52.3 Å². The number of nitrogens with one attached hydrogen (secondary N) is 3. The second-order valence-electron chi connectivity index (χ2n) is 15.3. The first-order valence-electron chi connectivity index (χ1n) is 19.5. The molecule has 13 heteroatoms. The number of rotatable bonds is 16. The van der Waals surface area contributed by atoms with Crippen molar-refractivity contribution in [2.45, 2.75) is 62.1 Å². The summed E-state index contributed by atoms with van der Waals surface area (Å²) in [7, 11) is 0. The highest BCUT2D eigenvalue weighted by atomic mass is 32.2. The molecule has 5 aromatic rings. The molecule has 0 bridgehead atoms. The standard InChI is InChI=1S/C46H49N5O7S/c1-45(2,3)58-44(54)49-35(30-59-46(32-14-7-4-8-15-32,33-16-9-5-10-17-33)34-18-11-6-12-19-34)29-48-39-26-27-57-41-37(39)20-13-21-38(41)43(53)50-40(42(47)52)28-31-22-24-36(25-23-31)51(55)56/h4-25,35,39-40,48H,26-30H2,1-3H3,(H2,47,52)(H,49,54)(H,50,53)/t35-,39?,40+/m1/s1. The van der Waals surface area contributed by atoms with Crippen LogP contribution in [0.25, 0.3) is 0 Å². The number of primary amides is 1. The van der Waals surface area contributed by atoms with Crippen LogP contribution in [0.1, 0.15) is 71.4 Å². The number of fused-ring (bicyclic) bond motifs is 1. The Bertz CT molecular complexity index is 2120. The Kier molecular flexibility index (Phi) is 13.7. The van der Waals surface area contributed by atoms with Gasteiger partial charge in [-0.1, -0.05) is 115 Å². The third-order valence-corrected chi connectivity index (χ3v) is 11.6. The van der Waals surface area contributed by atoms with Gasteiger partial charge in [0.25, 0.3) is 11.6 Å². The number of carbonyl (C=O) groups is 3. The van der Waals surface area contributed by atoms with Crippen LogP contribution in [-0.2, 0) is 20.7 Å². The molecule has 1 aliphatic heterocycles. The van der Waals surface area contributed by atoms with Gasteiger partial charge in [-0.15, -0.1) is 11.8 Å². The number of benzene rings is 5. The number of nitro groups is 1. The number of ether oxygens (including phenoxy) is 2. The fourth-order valence-corrected chi connectivity index (χ4v) is 8.73. The highest BCUT2D eigenvalue weighted by Crippen LogP contribution is 2.48. The minimum Gasteiger partial charge on any atom is -0.492 e. The molecule has 0 saturated carbocycles. The quantitative estimate of drug-likeness (QED) is 0.0448. The molecule has 0 fully saturated rings. The normalized spacial score (nSPS) is 14.8. The number of nitrogens with two attached hydrogens (primary N) is 1. The molecule has 0 aliphatic carbocycles. The number of para-hydroxylation sites is 1. The average molecular weight is 816 g/mol. The zero-order valence-corrected chi connectivity index (χ0v) is 34.1. The van der Waals surface area contributed by atoms with E-state index in [1.54, 1.807) is 23.9 Å². The summed E-state index contributed by atoms with van der Waals surface area (Å²) >= 11 is 1.73. The Balaban J connectivity index is 1.24. The van der Waals surface area contributed by atoms with E-state index in [1.165, 1.54) is 24.3 Å². The van der Waals surface area contributed by atoms with Crippen molar-refractivity contribution in [1.29, 1.82) is 0 Å². The summed E-state index contributed by atoms with van der Waals surface area (Å²) in [6.45, 7) is 6.16. The lowest BCUT2D eigenvalue weighted by atomic mass is 9.84. The van der Waals surface area contributed by atoms with Gasteiger partial charge < -0.3 is 31.2 Å². The zero-order chi connectivity index (χ0) is 42.0. The average Bonchev–Trinajstić information content (AvgIpc) is 3.23. The number of non-ortho nitro benzene ring substituents is 1. The molecule has 306 valence electrons. The number of carbonyl (C=O) groups excluding carboxylic acids is 3. The van der Waals surface area contributed by atoms with E-state index in [-0.39, 0.29) is 23.7 Å². The van der Waals surface area contributed by atoms with Crippen molar-refractivity contribution in [1.82, 2.24) is 16.0 Å². The first-order valence-corrected chi connectivity index (χ1v) is 20.5. The van der Waals surface area contributed by atoms with E-state index < -0.39 is 45.3 Å². The van der Waals surface area contributed by atoms with Crippen molar-refractivity contribution in [2.75, 3.05) is 18.9 Å². The zero-order valence-electron chi connectivity index (χ0n) is 33.3. The smallest absolute Gasteiger partial charge is 0.407 e. The maximum atomic E-state index is 13.7. The second-order valence-corrected chi connectivity index (χ2v) is 16.5. The van der Waals surface area contributed by atoms with Gasteiger partial charge in [0, 0.05) is 48.9 Å². The molecule has 12 nitrogen and oxygen atoms in total. The summed E-state index contributed by atoms with van der Waals surface area (Å²) in [4.78, 5) is 50.1. The van der Waals surface area contributed by atoms with Gasteiger partial charge in [-0.3, -0.25) is 19.7 Å². The molecule has 1 heterocycles. The van der Waals surface area contributed by atoms with Crippen LogP contribution in [0.5, 0.6) is 5.75 Å². The topological polar surface area (TPSA) is 175 Å². The molecule has 0 spiro atoms. The number of thioether (sulfide) groups is 1. The van der Waals surface area contributed by atoms with Gasteiger partial charge in [-0.25, -0.2) is 4.79 Å². The Morgan fingerprint density at radius 2 is 1.41 bits per heavy atom. The second kappa shape index (κ2) is 19.0. The molecule has 6 rings (SSSR count). The molecular weight excluding hydrogens is 767 g/mol. The molecule has 5 N–H and O–H groups in total. The molecule has 0 aromatic heterocycles. The molecule has 3 atom stereocenters. The van der Waals surface area contributed by atoms with Crippen LogP contribution in [0.15, 0.2) is 133 Å². The number of hydrogen-bond acceptors (Lipinski definition) is 9. The van der Waals surface area contributed by atoms with Crippen LogP contribution >= 0.6 is 11.8 Å². The fraction of sp³-hybridized carbons (Fsp3) is 0.283. The number of alkyl carbamates (subject to hydrolysis) is 1. The van der Waals surface area contributed by atoms with Crippen molar-refractivity contribution in [3.8, 4) is 5.75 Å². The largest absolute Gasteiger partial charge is 0.492 e. The number of nitrogens with zero attached hydrogens (tertiary/aromatic N) is 1. The van der Waals surface area contributed by atoms with Crippen molar-refractivity contribution in [3.05, 3.63) is 177 Å². The number of amides is 3. The van der Waals surface area contributed by atoms with Crippen LogP contribution in [0.3, 0.4) is 0 Å². The lowest BCUT2D eigenvalue weighted by Crippen LogP contribution is -2.47. The van der Waals surface area contributed by atoms with Crippen LogP contribution in [-0.4, -0.2) is 59.4 Å². The van der Waals surface area contributed by atoms with Gasteiger partial charge in [-0.2, -0.15) is 0 Å². The summed E-state index contributed by atoms with van der Waals surface area (Å²) in [6, 6.07) is 40.3. The molecule has 1 unspecified atom stereocenters. The van der Waals surface area contributed by atoms with Crippen LogP contribution in [0.2, 0.25) is 0 Å². The van der Waals surface area contributed by atoms with Gasteiger partial charge in [0.2, 0.25) is 5.91 Å². The lowest BCUT2D eigenvalue weighted by Gasteiger charge is -2.37. The van der Waals surface area contributed by atoms with Gasteiger partial charge >= 0.3 is 6.09 Å². The Hall–Kier alpha value is -6.18. The first-order chi connectivity index (χ1) is 28.3. The predicted molar refractivity (Wildman–Crippen MR) is 229 cm³/mol. The number of hydrogen-bond donors (Lipinski definition) is 4. The maximum absolute atomic E-state index is 13.7. The SMILES string of the molecule is CC(C)(C)OC(=O)N[C@H](CNC1CCOc2c(C(=O)N[C@@H](Cc3ccc([N+](=O)[O-])cc3)C(N)=O)cccc21)CSC(c1ccccc1)(c1ccccc1)c1ccccc1. The minimum atomic E-state index is -1.08. The van der Waals surface area contributed by atoms with Crippen molar-refractivity contribution in [3.63, 3.8) is 0 Å². The monoisotopic (exact) mass is 815 g/mol. The Labute approximate surface area is 348 Å². The molecule has 3 amide bonds. The van der Waals surface area contributed by atoms with E-state index in [9.17, 15) is 24.5 Å². The first kappa shape index (κ1) is 42.4. The van der Waals surface area contributed by atoms with Crippen LogP contribution in [0.4, 0.5) is 10.5 Å².